The van der Waals surface area contributed by atoms with Gasteiger partial charge < -0.3 is 14.8 Å². The van der Waals surface area contributed by atoms with Crippen molar-refractivity contribution in [1.29, 1.82) is 0 Å². The molecule has 0 spiro atoms. The summed E-state index contributed by atoms with van der Waals surface area (Å²) in [5.41, 5.74) is 3.14. The maximum Gasteiger partial charge on any atom is 0.270 e. The number of carbonyl (C=O) groups is 2. The minimum atomic E-state index is -0.0715. The van der Waals surface area contributed by atoms with Gasteiger partial charge in [-0.15, -0.1) is 0 Å². The second-order valence-corrected chi connectivity index (χ2v) is 8.55. The second-order valence-electron chi connectivity index (χ2n) is 8.55. The Hall–Kier alpha value is -3.12. The van der Waals surface area contributed by atoms with Crippen molar-refractivity contribution >= 4 is 22.7 Å². The van der Waals surface area contributed by atoms with Gasteiger partial charge >= 0.3 is 0 Å². The summed E-state index contributed by atoms with van der Waals surface area (Å²) in [5, 5.41) is 0.878. The summed E-state index contributed by atoms with van der Waals surface area (Å²) in [6.45, 7) is 8.22. The van der Waals surface area contributed by atoms with E-state index in [1.165, 1.54) is 0 Å². The van der Waals surface area contributed by atoms with Crippen LogP contribution in [0.15, 0.2) is 54.6 Å². The lowest BCUT2D eigenvalue weighted by molar-refractivity contribution is 0.0595. The first-order valence-electron chi connectivity index (χ1n) is 10.9. The number of piperazine rings is 1. The molecule has 0 aliphatic carbocycles. The Bertz CT molecular complexity index is 1070. The molecule has 1 N–H and O–H groups in total. The molecular formula is C25H30N4O2. The maximum absolute atomic E-state index is 13.0. The van der Waals surface area contributed by atoms with Crippen molar-refractivity contribution in [2.75, 3.05) is 33.2 Å². The number of rotatable bonds is 5. The fourth-order valence-electron chi connectivity index (χ4n) is 4.14. The number of aromatic nitrogens is 1. The normalized spacial score (nSPS) is 14.9. The van der Waals surface area contributed by atoms with E-state index in [1.807, 2.05) is 59.5 Å². The summed E-state index contributed by atoms with van der Waals surface area (Å²) in [4.78, 5) is 35.1. The molecule has 1 aliphatic heterocycles. The Labute approximate surface area is 183 Å². The van der Waals surface area contributed by atoms with E-state index >= 15 is 0 Å². The van der Waals surface area contributed by atoms with Gasteiger partial charge in [-0.3, -0.25) is 14.5 Å². The lowest BCUT2D eigenvalue weighted by atomic mass is 10.1. The average Bonchev–Trinajstić information content (AvgIpc) is 3.22. The average molecular weight is 419 g/mol. The van der Waals surface area contributed by atoms with E-state index in [9.17, 15) is 9.59 Å². The first-order valence-corrected chi connectivity index (χ1v) is 10.9. The Morgan fingerprint density at radius 2 is 1.71 bits per heavy atom. The van der Waals surface area contributed by atoms with Crippen molar-refractivity contribution in [3.63, 3.8) is 0 Å². The predicted octanol–water partition coefficient (Wildman–Crippen LogP) is 3.61. The Kier molecular flexibility index (Phi) is 6.09. The van der Waals surface area contributed by atoms with Crippen LogP contribution in [0.25, 0.3) is 10.9 Å². The van der Waals surface area contributed by atoms with Gasteiger partial charge in [0.2, 0.25) is 0 Å². The molecule has 6 heteroatoms. The SMILES string of the molecule is CC(C)N1CCN(C(=O)c2ccc3[nH]c(C(=O)N(C)Cc4ccccc4)cc3c2)CC1. The molecule has 0 bridgehead atoms. The number of nitrogens with one attached hydrogen (secondary N) is 1. The van der Waals surface area contributed by atoms with Crippen LogP contribution in [0, 0.1) is 0 Å². The number of hydrogen-bond acceptors (Lipinski definition) is 3. The van der Waals surface area contributed by atoms with E-state index in [2.05, 4.69) is 23.7 Å². The van der Waals surface area contributed by atoms with Gasteiger partial charge in [-0.2, -0.15) is 0 Å². The van der Waals surface area contributed by atoms with Gasteiger partial charge in [-0.25, -0.2) is 0 Å². The molecule has 0 unspecified atom stereocenters. The third-order valence-electron chi connectivity index (χ3n) is 6.04. The molecule has 4 rings (SSSR count). The smallest absolute Gasteiger partial charge is 0.270 e. The molecule has 6 nitrogen and oxygen atoms in total. The molecule has 0 atom stereocenters. The van der Waals surface area contributed by atoms with Crippen molar-refractivity contribution in [2.24, 2.45) is 0 Å². The zero-order valence-corrected chi connectivity index (χ0v) is 18.5. The van der Waals surface area contributed by atoms with E-state index in [4.69, 9.17) is 0 Å². The standard InChI is InChI=1S/C25H30N4O2/c1-18(2)28-11-13-29(14-12-28)24(30)20-9-10-22-21(15-20)16-23(26-22)25(31)27(3)17-19-7-5-4-6-8-19/h4-10,15-16,18,26H,11-14,17H2,1-3H3. The van der Waals surface area contributed by atoms with Crippen LogP contribution in [-0.2, 0) is 6.54 Å². The summed E-state index contributed by atoms with van der Waals surface area (Å²) < 4.78 is 0. The van der Waals surface area contributed by atoms with Gasteiger partial charge in [0.25, 0.3) is 11.8 Å². The molecule has 2 amide bonds. The first kappa shape index (κ1) is 21.1. The van der Waals surface area contributed by atoms with E-state index < -0.39 is 0 Å². The monoisotopic (exact) mass is 418 g/mol. The summed E-state index contributed by atoms with van der Waals surface area (Å²) in [6.07, 6.45) is 0. The topological polar surface area (TPSA) is 59.7 Å². The van der Waals surface area contributed by atoms with Crippen LogP contribution in [0.4, 0.5) is 0 Å². The van der Waals surface area contributed by atoms with Gasteiger partial charge in [0.15, 0.2) is 0 Å². The Morgan fingerprint density at radius 3 is 2.39 bits per heavy atom. The number of carbonyl (C=O) groups excluding carboxylic acids is 2. The highest BCUT2D eigenvalue weighted by atomic mass is 16.2. The van der Waals surface area contributed by atoms with Crippen LogP contribution >= 0.6 is 0 Å². The number of fused-ring (bicyclic) bond motifs is 1. The highest BCUT2D eigenvalue weighted by Crippen LogP contribution is 2.20. The highest BCUT2D eigenvalue weighted by Gasteiger charge is 2.24. The molecule has 2 aromatic carbocycles. The van der Waals surface area contributed by atoms with Crippen LogP contribution in [0.3, 0.4) is 0 Å². The fourth-order valence-corrected chi connectivity index (χ4v) is 4.14. The van der Waals surface area contributed by atoms with Crippen LogP contribution in [0.5, 0.6) is 0 Å². The Balaban J connectivity index is 1.46. The molecule has 162 valence electrons. The van der Waals surface area contributed by atoms with Crippen LogP contribution in [0.1, 0.15) is 40.3 Å². The summed E-state index contributed by atoms with van der Waals surface area (Å²) >= 11 is 0. The molecule has 0 saturated carbocycles. The maximum atomic E-state index is 13.0. The van der Waals surface area contributed by atoms with E-state index in [0.29, 0.717) is 23.8 Å². The van der Waals surface area contributed by atoms with Crippen LogP contribution in [-0.4, -0.2) is 70.8 Å². The second kappa shape index (κ2) is 8.94. The van der Waals surface area contributed by atoms with E-state index in [-0.39, 0.29) is 11.8 Å². The minimum absolute atomic E-state index is 0.0561. The third kappa shape index (κ3) is 4.64. The molecule has 0 radical (unpaired) electrons. The van der Waals surface area contributed by atoms with Gasteiger partial charge in [0.1, 0.15) is 5.69 Å². The summed E-state index contributed by atoms with van der Waals surface area (Å²) in [6, 6.07) is 17.9. The number of amides is 2. The fraction of sp³-hybridized carbons (Fsp3) is 0.360. The van der Waals surface area contributed by atoms with Crippen molar-refractivity contribution in [2.45, 2.75) is 26.4 Å². The van der Waals surface area contributed by atoms with E-state index in [0.717, 1.165) is 42.6 Å². The van der Waals surface area contributed by atoms with Crippen molar-refractivity contribution in [3.05, 3.63) is 71.4 Å². The summed E-state index contributed by atoms with van der Waals surface area (Å²) in [5.74, 6) is -0.0154. The molecule has 2 heterocycles. The molecule has 1 aliphatic rings. The molecule has 31 heavy (non-hydrogen) atoms. The number of H-pyrrole nitrogens is 1. The highest BCUT2D eigenvalue weighted by molar-refractivity contribution is 6.01. The third-order valence-corrected chi connectivity index (χ3v) is 6.04. The molecule has 3 aromatic rings. The van der Waals surface area contributed by atoms with E-state index in [1.54, 1.807) is 11.9 Å². The molecule has 1 aromatic heterocycles. The van der Waals surface area contributed by atoms with Crippen LogP contribution in [0.2, 0.25) is 0 Å². The largest absolute Gasteiger partial charge is 0.351 e. The van der Waals surface area contributed by atoms with Crippen molar-refractivity contribution in [1.82, 2.24) is 19.7 Å². The Morgan fingerprint density at radius 1 is 1.00 bits per heavy atom. The van der Waals surface area contributed by atoms with Gasteiger partial charge in [-0.05, 0) is 43.7 Å². The first-order chi connectivity index (χ1) is 14.9. The number of nitrogens with zero attached hydrogens (tertiary/aromatic N) is 3. The molecule has 1 fully saturated rings. The number of hydrogen-bond donors (Lipinski definition) is 1. The lowest BCUT2D eigenvalue weighted by Gasteiger charge is -2.37. The van der Waals surface area contributed by atoms with Gasteiger partial charge in [0.05, 0.1) is 0 Å². The van der Waals surface area contributed by atoms with Gasteiger partial charge in [0, 0.05) is 62.3 Å². The number of aromatic amines is 1. The molecular weight excluding hydrogens is 388 g/mol. The zero-order valence-electron chi connectivity index (χ0n) is 18.5. The van der Waals surface area contributed by atoms with Crippen molar-refractivity contribution < 1.29 is 9.59 Å². The summed E-state index contributed by atoms with van der Waals surface area (Å²) in [7, 11) is 1.80. The minimum Gasteiger partial charge on any atom is -0.351 e. The number of benzene rings is 2. The predicted molar refractivity (Wildman–Crippen MR) is 123 cm³/mol. The van der Waals surface area contributed by atoms with Crippen LogP contribution < -0.4 is 0 Å². The van der Waals surface area contributed by atoms with Gasteiger partial charge in [-0.1, -0.05) is 30.3 Å². The van der Waals surface area contributed by atoms with Crippen molar-refractivity contribution in [3.8, 4) is 0 Å². The molecule has 1 saturated heterocycles. The lowest BCUT2D eigenvalue weighted by Crippen LogP contribution is -2.50. The zero-order chi connectivity index (χ0) is 22.0. The quantitative estimate of drug-likeness (QED) is 0.689.